The minimum atomic E-state index is -4.41. The van der Waals surface area contributed by atoms with E-state index in [0.717, 1.165) is 17.7 Å². The van der Waals surface area contributed by atoms with E-state index in [0.29, 0.717) is 70.1 Å². The molecule has 3 rings (SSSR count). The fourth-order valence-corrected chi connectivity index (χ4v) is 4.76. The molecule has 2 saturated heterocycles. The monoisotopic (exact) mass is 506 g/mol. The van der Waals surface area contributed by atoms with Crippen LogP contribution < -0.4 is 0 Å². The van der Waals surface area contributed by atoms with E-state index in [4.69, 9.17) is 14.7 Å². The lowest BCUT2D eigenvalue weighted by molar-refractivity contribution is -0.137. The van der Waals surface area contributed by atoms with Crippen molar-refractivity contribution in [3.05, 3.63) is 47.7 Å². The van der Waals surface area contributed by atoms with Crippen LogP contribution in [0, 0.1) is 23.2 Å². The van der Waals surface area contributed by atoms with Crippen LogP contribution in [0.4, 0.5) is 18.0 Å². The first-order chi connectivity index (χ1) is 17.2. The van der Waals surface area contributed by atoms with Crippen molar-refractivity contribution < 1.29 is 27.4 Å². The summed E-state index contributed by atoms with van der Waals surface area (Å²) in [6.45, 7) is 6.17. The van der Waals surface area contributed by atoms with Crippen molar-refractivity contribution in [1.29, 1.82) is 5.26 Å². The lowest BCUT2D eigenvalue weighted by Gasteiger charge is -2.41. The molecule has 0 aliphatic carbocycles. The number of hydrogen-bond donors (Lipinski definition) is 0. The highest BCUT2D eigenvalue weighted by atomic mass is 19.4. The standard InChI is InChI=1S/C26H33F3N4O3/c1-18(10-13-35-2)31-24(36-3)22-14-21(20-4-6-23(7-5-20)26(27,28)29)16-33(17-22)25(34)32-11-8-19(15-30)9-12-32/h4-7,19,21-22H,1,8-14,16-17H2,2-3H3. The molecule has 2 amide bonds. The predicted molar refractivity (Wildman–Crippen MR) is 129 cm³/mol. The Morgan fingerprint density at radius 1 is 1.17 bits per heavy atom. The number of halogens is 3. The van der Waals surface area contributed by atoms with Gasteiger partial charge < -0.3 is 19.3 Å². The Bertz CT molecular complexity index is 980. The molecule has 2 unspecified atom stereocenters. The summed E-state index contributed by atoms with van der Waals surface area (Å²) in [5.74, 6) is -0.0581. The number of nitriles is 1. The Hall–Kier alpha value is -3.06. The number of ether oxygens (including phenoxy) is 2. The fraction of sp³-hybridized carbons (Fsp3) is 0.577. The van der Waals surface area contributed by atoms with Gasteiger partial charge in [0.05, 0.1) is 31.3 Å². The zero-order valence-corrected chi connectivity index (χ0v) is 20.8. The third-order valence-corrected chi connectivity index (χ3v) is 6.80. The number of hydrogen-bond acceptors (Lipinski definition) is 5. The maximum absolute atomic E-state index is 13.4. The molecule has 0 saturated carbocycles. The summed E-state index contributed by atoms with van der Waals surface area (Å²) < 4.78 is 49.9. The second kappa shape index (κ2) is 12.3. The molecule has 36 heavy (non-hydrogen) atoms. The number of carbonyl (C=O) groups excluding carboxylic acids is 1. The van der Waals surface area contributed by atoms with E-state index in [-0.39, 0.29) is 23.8 Å². The summed E-state index contributed by atoms with van der Waals surface area (Å²) in [7, 11) is 3.11. The number of piperidine rings is 2. The van der Waals surface area contributed by atoms with E-state index in [9.17, 15) is 18.0 Å². The van der Waals surface area contributed by atoms with Gasteiger partial charge in [0.25, 0.3) is 0 Å². The summed E-state index contributed by atoms with van der Waals surface area (Å²) in [6.07, 6.45) is -2.06. The molecule has 196 valence electrons. The summed E-state index contributed by atoms with van der Waals surface area (Å²) in [5.41, 5.74) is 0.602. The van der Waals surface area contributed by atoms with Crippen molar-refractivity contribution in [2.24, 2.45) is 16.8 Å². The Balaban J connectivity index is 1.85. The largest absolute Gasteiger partial charge is 0.484 e. The maximum Gasteiger partial charge on any atom is 0.416 e. The van der Waals surface area contributed by atoms with Crippen LogP contribution in [-0.4, -0.2) is 68.7 Å². The molecular formula is C26H33F3N4O3. The average molecular weight is 507 g/mol. The zero-order valence-electron chi connectivity index (χ0n) is 20.8. The Morgan fingerprint density at radius 3 is 2.39 bits per heavy atom. The number of methoxy groups -OCH3 is 2. The highest BCUT2D eigenvalue weighted by Crippen LogP contribution is 2.35. The molecule has 2 atom stereocenters. The minimum Gasteiger partial charge on any atom is -0.484 e. The van der Waals surface area contributed by atoms with Gasteiger partial charge >= 0.3 is 12.2 Å². The zero-order chi connectivity index (χ0) is 26.3. The fourth-order valence-electron chi connectivity index (χ4n) is 4.76. The molecule has 0 N–H and O–H groups in total. The van der Waals surface area contributed by atoms with Crippen LogP contribution in [0.25, 0.3) is 0 Å². The van der Waals surface area contributed by atoms with Gasteiger partial charge in [-0.1, -0.05) is 18.7 Å². The van der Waals surface area contributed by atoms with E-state index in [1.54, 1.807) is 16.9 Å². The summed E-state index contributed by atoms with van der Waals surface area (Å²) in [6, 6.07) is 7.26. The number of rotatable bonds is 6. The second-order valence-electron chi connectivity index (χ2n) is 9.29. The lowest BCUT2D eigenvalue weighted by Crippen LogP contribution is -2.52. The smallest absolute Gasteiger partial charge is 0.416 e. The highest BCUT2D eigenvalue weighted by molar-refractivity contribution is 5.82. The SMILES string of the molecule is C=C(CCOC)N=C(OC)C1CC(c2ccc(C(F)(F)F)cc2)CN(C(=O)N2CCC(C#N)CC2)C1. The molecule has 10 heteroatoms. The Morgan fingerprint density at radius 2 is 1.83 bits per heavy atom. The van der Waals surface area contributed by atoms with Gasteiger partial charge in [-0.05, 0) is 37.0 Å². The quantitative estimate of drug-likeness (QED) is 0.399. The van der Waals surface area contributed by atoms with Crippen LogP contribution in [0.15, 0.2) is 41.5 Å². The van der Waals surface area contributed by atoms with Gasteiger partial charge in [-0.25, -0.2) is 9.79 Å². The van der Waals surface area contributed by atoms with E-state index in [1.165, 1.54) is 19.2 Å². The van der Waals surface area contributed by atoms with Crippen molar-refractivity contribution in [3.63, 3.8) is 0 Å². The third kappa shape index (κ3) is 7.00. The van der Waals surface area contributed by atoms with Crippen LogP contribution in [0.1, 0.15) is 42.7 Å². The number of likely N-dealkylation sites (tertiary alicyclic amines) is 2. The van der Waals surface area contributed by atoms with Crippen LogP contribution in [-0.2, 0) is 15.7 Å². The first-order valence-electron chi connectivity index (χ1n) is 12.1. The Kier molecular flexibility index (Phi) is 9.37. The van der Waals surface area contributed by atoms with Gasteiger partial charge in [0.15, 0.2) is 5.90 Å². The van der Waals surface area contributed by atoms with E-state index >= 15 is 0 Å². The molecule has 2 fully saturated rings. The maximum atomic E-state index is 13.4. The van der Waals surface area contributed by atoms with Crippen molar-refractivity contribution >= 4 is 11.9 Å². The molecule has 0 spiro atoms. The van der Waals surface area contributed by atoms with Crippen LogP contribution in [0.3, 0.4) is 0 Å². The van der Waals surface area contributed by atoms with Gasteiger partial charge in [-0.15, -0.1) is 0 Å². The number of carbonyl (C=O) groups is 1. The number of aliphatic imine (C=N–C) groups is 1. The molecule has 0 aromatic heterocycles. The molecule has 2 aliphatic rings. The average Bonchev–Trinajstić information content (AvgIpc) is 2.89. The Labute approximate surface area is 210 Å². The van der Waals surface area contributed by atoms with Crippen molar-refractivity contribution in [3.8, 4) is 6.07 Å². The summed E-state index contributed by atoms with van der Waals surface area (Å²) in [5, 5.41) is 9.17. The van der Waals surface area contributed by atoms with Gasteiger partial charge in [-0.2, -0.15) is 18.4 Å². The second-order valence-corrected chi connectivity index (χ2v) is 9.29. The molecule has 2 aliphatic heterocycles. The topological polar surface area (TPSA) is 78.2 Å². The van der Waals surface area contributed by atoms with E-state index in [1.807, 2.05) is 0 Å². The van der Waals surface area contributed by atoms with Crippen LogP contribution in [0.2, 0.25) is 0 Å². The van der Waals surface area contributed by atoms with Gasteiger partial charge in [0.2, 0.25) is 0 Å². The van der Waals surface area contributed by atoms with Crippen molar-refractivity contribution in [2.75, 3.05) is 47.0 Å². The summed E-state index contributed by atoms with van der Waals surface area (Å²) >= 11 is 0. The number of benzene rings is 1. The minimum absolute atomic E-state index is 0.0478. The predicted octanol–water partition coefficient (Wildman–Crippen LogP) is 5.06. The highest BCUT2D eigenvalue weighted by Gasteiger charge is 2.37. The molecular weight excluding hydrogens is 473 g/mol. The lowest BCUT2D eigenvalue weighted by atomic mass is 9.84. The number of nitrogens with zero attached hydrogens (tertiary/aromatic N) is 4. The molecule has 1 aromatic carbocycles. The van der Waals surface area contributed by atoms with Crippen LogP contribution in [0.5, 0.6) is 0 Å². The normalized spacial score (nSPS) is 21.7. The summed E-state index contributed by atoms with van der Waals surface area (Å²) in [4.78, 5) is 21.5. The third-order valence-electron chi connectivity index (χ3n) is 6.80. The molecule has 0 bridgehead atoms. The van der Waals surface area contributed by atoms with E-state index in [2.05, 4.69) is 17.6 Å². The molecule has 2 heterocycles. The van der Waals surface area contributed by atoms with Gasteiger partial charge in [0.1, 0.15) is 0 Å². The van der Waals surface area contributed by atoms with Crippen LogP contribution >= 0.6 is 0 Å². The number of amides is 2. The van der Waals surface area contributed by atoms with Gasteiger partial charge in [-0.3, -0.25) is 0 Å². The van der Waals surface area contributed by atoms with E-state index < -0.39 is 11.7 Å². The first kappa shape index (κ1) is 27.5. The van der Waals surface area contributed by atoms with Crippen molar-refractivity contribution in [2.45, 2.75) is 37.8 Å². The molecule has 0 radical (unpaired) electrons. The molecule has 7 nitrogen and oxygen atoms in total. The number of urea groups is 1. The molecule has 1 aromatic rings. The number of alkyl halides is 3. The van der Waals surface area contributed by atoms with Gasteiger partial charge in [0, 0.05) is 57.2 Å². The van der Waals surface area contributed by atoms with Crippen molar-refractivity contribution in [1.82, 2.24) is 9.80 Å². The first-order valence-corrected chi connectivity index (χ1v) is 12.1.